The average molecular weight is 148 g/mol. The normalized spacial score (nSPS) is 63.0. The molecule has 58 valence electrons. The molecule has 0 aromatic heterocycles. The van der Waals surface area contributed by atoms with Crippen LogP contribution in [-0.4, -0.2) is 12.2 Å². The van der Waals surface area contributed by atoms with E-state index in [1.807, 2.05) is 0 Å². The van der Waals surface area contributed by atoms with Gasteiger partial charge >= 0.3 is 0 Å². The van der Waals surface area contributed by atoms with E-state index in [0.717, 1.165) is 11.8 Å². The second-order valence-electron chi connectivity index (χ2n) is 4.07. The lowest BCUT2D eigenvalue weighted by atomic mass is 10.0. The molecule has 2 aliphatic heterocycles. The Morgan fingerprint density at radius 2 is 1.91 bits per heavy atom. The van der Waals surface area contributed by atoms with E-state index in [9.17, 15) is 0 Å². The van der Waals surface area contributed by atoms with E-state index in [4.69, 9.17) is 4.74 Å². The Balaban J connectivity index is 2.00. The average Bonchev–Trinajstić information content (AvgIpc) is 2.46. The zero-order valence-electron chi connectivity index (χ0n) is 6.66. The minimum atomic E-state index is 0.386. The summed E-state index contributed by atoms with van der Waals surface area (Å²) in [4.78, 5) is 0. The summed E-state index contributed by atoms with van der Waals surface area (Å²) in [5.41, 5.74) is 0.386. The van der Waals surface area contributed by atoms with Crippen LogP contribution in [0.4, 0.5) is 0 Å². The Morgan fingerprint density at radius 3 is 2.36 bits per heavy atom. The van der Waals surface area contributed by atoms with Crippen molar-refractivity contribution in [1.82, 2.24) is 0 Å². The lowest BCUT2D eigenvalue weighted by Gasteiger charge is -2.14. The molecule has 5 atom stereocenters. The SMILES string of the molecule is C=CC1(C)[C@@H]2[C@H]1[C@@H]1C=C[C@H]2O1. The van der Waals surface area contributed by atoms with Crippen LogP contribution in [-0.2, 0) is 4.74 Å². The summed E-state index contributed by atoms with van der Waals surface area (Å²) in [7, 11) is 0. The predicted octanol–water partition coefficient (Wildman–Crippen LogP) is 1.76. The zero-order valence-corrected chi connectivity index (χ0v) is 6.66. The Labute approximate surface area is 66.7 Å². The van der Waals surface area contributed by atoms with E-state index in [1.54, 1.807) is 0 Å². The molecule has 11 heavy (non-hydrogen) atoms. The van der Waals surface area contributed by atoms with E-state index in [1.165, 1.54) is 0 Å². The highest BCUT2D eigenvalue weighted by molar-refractivity contribution is 5.33. The first-order chi connectivity index (χ1) is 5.27. The third-order valence-corrected chi connectivity index (χ3v) is 3.67. The quantitative estimate of drug-likeness (QED) is 0.515. The number of ether oxygens (including phenoxy) is 1. The fourth-order valence-electron chi connectivity index (χ4n) is 2.89. The lowest BCUT2D eigenvalue weighted by Crippen LogP contribution is -2.15. The van der Waals surface area contributed by atoms with E-state index >= 15 is 0 Å². The number of rotatable bonds is 1. The van der Waals surface area contributed by atoms with Gasteiger partial charge in [0, 0.05) is 11.8 Å². The van der Waals surface area contributed by atoms with Crippen LogP contribution in [0.3, 0.4) is 0 Å². The highest BCUT2D eigenvalue weighted by Gasteiger charge is 2.71. The van der Waals surface area contributed by atoms with Gasteiger partial charge in [-0.15, -0.1) is 6.58 Å². The summed E-state index contributed by atoms with van der Waals surface area (Å²) >= 11 is 0. The number of fused-ring (bicyclic) bond motifs is 5. The van der Waals surface area contributed by atoms with E-state index in [2.05, 4.69) is 31.7 Å². The van der Waals surface area contributed by atoms with Crippen LogP contribution in [0.15, 0.2) is 24.8 Å². The highest BCUT2D eigenvalue weighted by atomic mass is 16.5. The number of allylic oxidation sites excluding steroid dienone is 1. The van der Waals surface area contributed by atoms with Gasteiger partial charge in [-0.3, -0.25) is 0 Å². The van der Waals surface area contributed by atoms with E-state index in [-0.39, 0.29) is 0 Å². The molecule has 0 radical (unpaired) electrons. The summed E-state index contributed by atoms with van der Waals surface area (Å²) < 4.78 is 5.67. The molecule has 0 aromatic rings. The third kappa shape index (κ3) is 0.467. The summed E-state index contributed by atoms with van der Waals surface area (Å²) in [6, 6.07) is 0. The third-order valence-electron chi connectivity index (χ3n) is 3.67. The van der Waals surface area contributed by atoms with E-state index < -0.39 is 0 Å². The van der Waals surface area contributed by atoms with Crippen molar-refractivity contribution in [2.45, 2.75) is 19.1 Å². The molecule has 1 aliphatic carbocycles. The Kier molecular flexibility index (Phi) is 0.799. The van der Waals surface area contributed by atoms with Gasteiger partial charge in [0.15, 0.2) is 0 Å². The first kappa shape index (κ1) is 6.01. The largest absolute Gasteiger partial charge is 0.366 e. The molecular weight excluding hydrogens is 136 g/mol. The van der Waals surface area contributed by atoms with Crippen molar-refractivity contribution in [3.05, 3.63) is 24.8 Å². The Hall–Kier alpha value is -0.560. The van der Waals surface area contributed by atoms with Crippen molar-refractivity contribution in [3.63, 3.8) is 0 Å². The van der Waals surface area contributed by atoms with Crippen LogP contribution < -0.4 is 0 Å². The first-order valence-corrected chi connectivity index (χ1v) is 4.25. The number of hydrogen-bond acceptors (Lipinski definition) is 1. The monoisotopic (exact) mass is 148 g/mol. The van der Waals surface area contributed by atoms with E-state index in [0.29, 0.717) is 17.6 Å². The molecule has 2 heterocycles. The highest BCUT2D eigenvalue weighted by Crippen LogP contribution is 2.69. The molecule has 3 aliphatic rings. The fraction of sp³-hybridized carbons (Fsp3) is 0.600. The molecule has 0 N–H and O–H groups in total. The molecule has 1 saturated carbocycles. The summed E-state index contributed by atoms with van der Waals surface area (Å²) in [5, 5.41) is 0. The summed E-state index contributed by atoms with van der Waals surface area (Å²) in [5.74, 6) is 1.49. The van der Waals surface area contributed by atoms with Crippen LogP contribution in [0.1, 0.15) is 6.92 Å². The topological polar surface area (TPSA) is 9.23 Å². The van der Waals surface area contributed by atoms with Gasteiger partial charge < -0.3 is 4.74 Å². The molecule has 2 bridgehead atoms. The molecule has 0 aromatic carbocycles. The summed E-state index contributed by atoms with van der Waals surface area (Å²) in [6.45, 7) is 6.19. The van der Waals surface area contributed by atoms with Crippen molar-refractivity contribution < 1.29 is 4.74 Å². The maximum absolute atomic E-state index is 5.67. The maximum Gasteiger partial charge on any atom is 0.0805 e. The zero-order chi connectivity index (χ0) is 7.64. The molecule has 1 nitrogen and oxygen atoms in total. The summed E-state index contributed by atoms with van der Waals surface area (Å²) in [6.07, 6.45) is 7.35. The van der Waals surface area contributed by atoms with Crippen LogP contribution in [0, 0.1) is 17.3 Å². The lowest BCUT2D eigenvalue weighted by molar-refractivity contribution is 0.0664. The van der Waals surface area contributed by atoms with Gasteiger partial charge in [0.1, 0.15) is 0 Å². The van der Waals surface area contributed by atoms with Gasteiger partial charge in [0.25, 0.3) is 0 Å². The minimum absolute atomic E-state index is 0.386. The Bertz CT molecular complexity index is 236. The van der Waals surface area contributed by atoms with Gasteiger partial charge in [-0.25, -0.2) is 0 Å². The molecule has 0 spiro atoms. The second kappa shape index (κ2) is 1.46. The smallest absolute Gasteiger partial charge is 0.0805 e. The van der Waals surface area contributed by atoms with Gasteiger partial charge in [0.2, 0.25) is 0 Å². The van der Waals surface area contributed by atoms with Crippen molar-refractivity contribution in [1.29, 1.82) is 0 Å². The van der Waals surface area contributed by atoms with Crippen LogP contribution in [0.25, 0.3) is 0 Å². The molecule has 2 fully saturated rings. The van der Waals surface area contributed by atoms with Gasteiger partial charge in [-0.2, -0.15) is 0 Å². The standard InChI is InChI=1S/C10H12O/c1-3-10(2)8-6-4-5-7(11-6)9(8)10/h3-9H,1H2,2H3/t6-,7+,8+,9-,10?. The molecule has 1 heteroatoms. The fourth-order valence-corrected chi connectivity index (χ4v) is 2.89. The Morgan fingerprint density at radius 1 is 1.36 bits per heavy atom. The molecule has 1 saturated heterocycles. The minimum Gasteiger partial charge on any atom is -0.366 e. The number of hydrogen-bond donors (Lipinski definition) is 0. The molecular formula is C10H12O. The van der Waals surface area contributed by atoms with Crippen molar-refractivity contribution >= 4 is 0 Å². The van der Waals surface area contributed by atoms with Gasteiger partial charge in [-0.05, 0) is 5.41 Å². The first-order valence-electron chi connectivity index (χ1n) is 4.25. The second-order valence-corrected chi connectivity index (χ2v) is 4.07. The van der Waals surface area contributed by atoms with Crippen LogP contribution in [0.5, 0.6) is 0 Å². The molecule has 1 unspecified atom stereocenters. The predicted molar refractivity (Wildman–Crippen MR) is 43.1 cm³/mol. The van der Waals surface area contributed by atoms with Crippen molar-refractivity contribution in [2.24, 2.45) is 17.3 Å². The maximum atomic E-state index is 5.67. The molecule has 3 rings (SSSR count). The van der Waals surface area contributed by atoms with Crippen molar-refractivity contribution in [3.8, 4) is 0 Å². The van der Waals surface area contributed by atoms with Gasteiger partial charge in [0.05, 0.1) is 12.2 Å². The molecule has 0 amide bonds. The van der Waals surface area contributed by atoms with Gasteiger partial charge in [-0.1, -0.05) is 25.2 Å². The van der Waals surface area contributed by atoms with Crippen molar-refractivity contribution in [2.75, 3.05) is 0 Å². The van der Waals surface area contributed by atoms with Crippen LogP contribution in [0.2, 0.25) is 0 Å². The van der Waals surface area contributed by atoms with Crippen LogP contribution >= 0.6 is 0 Å².